The maximum absolute atomic E-state index is 13.5. The molecule has 0 unspecified atom stereocenters. The highest BCUT2D eigenvalue weighted by molar-refractivity contribution is 5.93. The number of rotatable bonds is 3. The average molecular weight is 377 g/mol. The predicted octanol–water partition coefficient (Wildman–Crippen LogP) is 3.36. The lowest BCUT2D eigenvalue weighted by Crippen LogP contribution is -2.56. The Bertz CT molecular complexity index is 839. The van der Waals surface area contributed by atoms with E-state index in [1.807, 2.05) is 35.2 Å². The Labute approximate surface area is 166 Å². The molecule has 2 saturated heterocycles. The molecule has 4 rings (SSSR count). The molecule has 0 bridgehead atoms. The van der Waals surface area contributed by atoms with E-state index < -0.39 is 5.54 Å². The van der Waals surface area contributed by atoms with Gasteiger partial charge in [-0.15, -0.1) is 0 Å². The van der Waals surface area contributed by atoms with Crippen LogP contribution in [-0.2, 0) is 11.2 Å². The number of amides is 2. The van der Waals surface area contributed by atoms with Crippen molar-refractivity contribution in [3.05, 3.63) is 66.0 Å². The molecule has 2 amide bonds. The molecule has 1 aromatic carbocycles. The third-order valence-electron chi connectivity index (χ3n) is 6.11. The summed E-state index contributed by atoms with van der Waals surface area (Å²) in [6, 6.07) is 15.7. The highest BCUT2D eigenvalue weighted by Crippen LogP contribution is 2.39. The van der Waals surface area contributed by atoms with Crippen LogP contribution in [0.2, 0.25) is 0 Å². The van der Waals surface area contributed by atoms with Crippen LogP contribution in [0.15, 0.2) is 54.7 Å². The fraction of sp³-hybridized carbons (Fsp3) is 0.435. The fourth-order valence-electron chi connectivity index (χ4n) is 4.87. The number of likely N-dealkylation sites (tertiary alicyclic amines) is 1. The SMILES string of the molecule is C[C@]12C[C@@H](Cc3ccccc3)N(C(=O)c3ccccn3)[C@H]1CCCCC(=O)N2. The normalized spacial score (nSPS) is 27.5. The zero-order chi connectivity index (χ0) is 19.6. The number of aromatic nitrogens is 1. The van der Waals surface area contributed by atoms with Gasteiger partial charge in [-0.3, -0.25) is 14.6 Å². The van der Waals surface area contributed by atoms with E-state index in [9.17, 15) is 9.59 Å². The Morgan fingerprint density at radius 2 is 1.96 bits per heavy atom. The summed E-state index contributed by atoms with van der Waals surface area (Å²) in [6.45, 7) is 2.10. The Hall–Kier alpha value is -2.69. The average Bonchev–Trinajstić information content (AvgIpc) is 2.95. The Kier molecular flexibility index (Phi) is 5.16. The third kappa shape index (κ3) is 3.66. The number of carbonyl (C=O) groups is 2. The molecule has 1 N–H and O–H groups in total. The molecule has 0 saturated carbocycles. The van der Waals surface area contributed by atoms with E-state index in [4.69, 9.17) is 0 Å². The van der Waals surface area contributed by atoms with E-state index >= 15 is 0 Å². The van der Waals surface area contributed by atoms with Crippen LogP contribution in [-0.4, -0.2) is 39.3 Å². The summed E-state index contributed by atoms with van der Waals surface area (Å²) in [6.07, 6.45) is 6.50. The van der Waals surface area contributed by atoms with Crippen molar-refractivity contribution < 1.29 is 9.59 Å². The summed E-state index contributed by atoms with van der Waals surface area (Å²) >= 11 is 0. The zero-order valence-electron chi connectivity index (χ0n) is 16.3. The molecule has 5 nitrogen and oxygen atoms in total. The molecule has 2 aliphatic rings. The number of hydrogen-bond acceptors (Lipinski definition) is 3. The van der Waals surface area contributed by atoms with Crippen molar-refractivity contribution in [1.29, 1.82) is 0 Å². The van der Waals surface area contributed by atoms with Crippen LogP contribution in [0.1, 0.15) is 55.1 Å². The van der Waals surface area contributed by atoms with Crippen molar-refractivity contribution in [2.45, 2.75) is 63.1 Å². The second kappa shape index (κ2) is 7.74. The van der Waals surface area contributed by atoms with Gasteiger partial charge in [-0.25, -0.2) is 0 Å². The number of nitrogens with zero attached hydrogens (tertiary/aromatic N) is 2. The largest absolute Gasteiger partial charge is 0.349 e. The van der Waals surface area contributed by atoms with Crippen molar-refractivity contribution in [2.24, 2.45) is 0 Å². The first kappa shape index (κ1) is 18.7. The monoisotopic (exact) mass is 377 g/mol. The van der Waals surface area contributed by atoms with Gasteiger partial charge in [0.15, 0.2) is 0 Å². The van der Waals surface area contributed by atoms with Crippen LogP contribution in [0.4, 0.5) is 0 Å². The number of benzene rings is 1. The van der Waals surface area contributed by atoms with Crippen molar-refractivity contribution in [3.8, 4) is 0 Å². The van der Waals surface area contributed by atoms with Gasteiger partial charge in [0.05, 0.1) is 11.6 Å². The molecule has 28 heavy (non-hydrogen) atoms. The lowest BCUT2D eigenvalue weighted by molar-refractivity contribution is -0.123. The Balaban J connectivity index is 1.70. The maximum atomic E-state index is 13.5. The van der Waals surface area contributed by atoms with E-state index in [1.165, 1.54) is 5.56 Å². The lowest BCUT2D eigenvalue weighted by Gasteiger charge is -2.38. The third-order valence-corrected chi connectivity index (χ3v) is 6.11. The minimum absolute atomic E-state index is 0.0139. The highest BCUT2D eigenvalue weighted by Gasteiger charge is 2.52. The minimum Gasteiger partial charge on any atom is -0.349 e. The molecule has 5 heteroatoms. The van der Waals surface area contributed by atoms with E-state index in [1.54, 1.807) is 12.3 Å². The lowest BCUT2D eigenvalue weighted by atomic mass is 9.85. The van der Waals surface area contributed by atoms with Crippen LogP contribution in [0.5, 0.6) is 0 Å². The van der Waals surface area contributed by atoms with Gasteiger partial charge in [-0.2, -0.15) is 0 Å². The van der Waals surface area contributed by atoms with Crippen molar-refractivity contribution >= 4 is 11.8 Å². The van der Waals surface area contributed by atoms with E-state index in [2.05, 4.69) is 29.4 Å². The first-order valence-corrected chi connectivity index (χ1v) is 10.2. The van der Waals surface area contributed by atoms with Crippen molar-refractivity contribution in [2.75, 3.05) is 0 Å². The summed E-state index contributed by atoms with van der Waals surface area (Å²) in [5.41, 5.74) is 1.27. The summed E-state index contributed by atoms with van der Waals surface area (Å²) in [4.78, 5) is 32.2. The maximum Gasteiger partial charge on any atom is 0.273 e. The van der Waals surface area contributed by atoms with Crippen LogP contribution in [0, 0.1) is 0 Å². The molecule has 2 aliphatic heterocycles. The quantitative estimate of drug-likeness (QED) is 0.892. The number of fused-ring (bicyclic) bond motifs is 1. The van der Waals surface area contributed by atoms with Gasteiger partial charge in [0.25, 0.3) is 5.91 Å². The first-order chi connectivity index (χ1) is 13.6. The summed E-state index contributed by atoms with van der Waals surface area (Å²) in [7, 11) is 0. The summed E-state index contributed by atoms with van der Waals surface area (Å²) in [5, 5.41) is 3.26. The second-order valence-electron chi connectivity index (χ2n) is 8.20. The van der Waals surface area contributed by atoms with E-state index in [0.29, 0.717) is 12.1 Å². The molecule has 146 valence electrons. The van der Waals surface area contributed by atoms with Gasteiger partial charge in [0, 0.05) is 18.7 Å². The molecule has 3 heterocycles. The highest BCUT2D eigenvalue weighted by atomic mass is 16.2. The van der Waals surface area contributed by atoms with E-state index in [-0.39, 0.29) is 23.9 Å². The Morgan fingerprint density at radius 1 is 1.18 bits per heavy atom. The molecular weight excluding hydrogens is 350 g/mol. The number of carbonyl (C=O) groups excluding carboxylic acids is 2. The topological polar surface area (TPSA) is 62.3 Å². The molecule has 2 fully saturated rings. The number of nitrogens with one attached hydrogen (secondary N) is 1. The second-order valence-corrected chi connectivity index (χ2v) is 8.20. The predicted molar refractivity (Wildman–Crippen MR) is 108 cm³/mol. The molecule has 0 spiro atoms. The minimum atomic E-state index is -0.401. The molecule has 0 radical (unpaired) electrons. The summed E-state index contributed by atoms with van der Waals surface area (Å²) < 4.78 is 0. The van der Waals surface area contributed by atoms with Gasteiger partial charge >= 0.3 is 0 Å². The van der Waals surface area contributed by atoms with Crippen molar-refractivity contribution in [3.63, 3.8) is 0 Å². The van der Waals surface area contributed by atoms with Gasteiger partial charge in [-0.05, 0) is 50.3 Å². The number of pyridine rings is 1. The van der Waals surface area contributed by atoms with E-state index in [0.717, 1.165) is 32.1 Å². The van der Waals surface area contributed by atoms with Crippen LogP contribution >= 0.6 is 0 Å². The van der Waals surface area contributed by atoms with Crippen LogP contribution < -0.4 is 5.32 Å². The van der Waals surface area contributed by atoms with Gasteiger partial charge in [0.1, 0.15) is 5.69 Å². The molecular formula is C23H27N3O2. The smallest absolute Gasteiger partial charge is 0.273 e. The number of hydrogen-bond donors (Lipinski definition) is 1. The van der Waals surface area contributed by atoms with Crippen molar-refractivity contribution in [1.82, 2.24) is 15.2 Å². The fourth-order valence-corrected chi connectivity index (χ4v) is 4.87. The zero-order valence-corrected chi connectivity index (χ0v) is 16.3. The standard InChI is InChI=1S/C23H27N3O2/c1-23-16-18(15-17-9-3-2-4-10-17)26(22(28)19-11-7-8-14-24-19)20(23)12-5-6-13-21(27)25-23/h2-4,7-11,14,18,20H,5-6,12-13,15-16H2,1H3,(H,25,27)/t18-,20+,23+/m1/s1. The van der Waals surface area contributed by atoms with Gasteiger partial charge in [0.2, 0.25) is 5.91 Å². The van der Waals surface area contributed by atoms with Gasteiger partial charge < -0.3 is 10.2 Å². The summed E-state index contributed by atoms with van der Waals surface area (Å²) in [5.74, 6) is 0.0582. The molecule has 3 atom stereocenters. The Morgan fingerprint density at radius 3 is 2.71 bits per heavy atom. The molecule has 2 aromatic rings. The first-order valence-electron chi connectivity index (χ1n) is 10.2. The van der Waals surface area contributed by atoms with Gasteiger partial charge in [-0.1, -0.05) is 42.8 Å². The molecule has 0 aliphatic carbocycles. The molecule has 1 aromatic heterocycles. The van der Waals surface area contributed by atoms with Crippen LogP contribution in [0.25, 0.3) is 0 Å². The van der Waals surface area contributed by atoms with Crippen LogP contribution in [0.3, 0.4) is 0 Å².